The summed E-state index contributed by atoms with van der Waals surface area (Å²) in [5.74, 6) is 0. The van der Waals surface area contributed by atoms with Crippen molar-refractivity contribution in [2.45, 2.75) is 13.3 Å². The molecule has 2 aromatic rings. The molecule has 0 spiro atoms. The lowest BCUT2D eigenvalue weighted by Crippen LogP contribution is -2.16. The Bertz CT molecular complexity index is 481. The molecule has 2 N–H and O–H groups in total. The largest absolute Gasteiger partial charge is 0.332 e. The molecule has 0 amide bonds. The van der Waals surface area contributed by atoms with E-state index >= 15 is 0 Å². The Kier molecular flexibility index (Phi) is 5.16. The zero-order valence-electron chi connectivity index (χ0n) is 10.2. The third-order valence-electron chi connectivity index (χ3n) is 2.46. The van der Waals surface area contributed by atoms with Crippen molar-refractivity contribution in [1.29, 1.82) is 0 Å². The molecule has 0 unspecified atom stereocenters. The summed E-state index contributed by atoms with van der Waals surface area (Å²) >= 11 is 5.07. The summed E-state index contributed by atoms with van der Waals surface area (Å²) in [6.45, 7) is 4.10. The quantitative estimate of drug-likeness (QED) is 0.793. The van der Waals surface area contributed by atoms with Crippen LogP contribution in [0.15, 0.2) is 34.1 Å². The van der Waals surface area contributed by atoms with Crippen molar-refractivity contribution in [2.75, 3.05) is 18.4 Å². The van der Waals surface area contributed by atoms with Crippen molar-refractivity contribution >= 4 is 38.1 Å². The molecule has 2 rings (SSSR count). The fourth-order valence-electron chi connectivity index (χ4n) is 1.53. The molecular formula is C13H16BrN3S. The van der Waals surface area contributed by atoms with Gasteiger partial charge in [-0.15, -0.1) is 11.3 Å². The van der Waals surface area contributed by atoms with E-state index in [-0.39, 0.29) is 0 Å². The number of anilines is 2. The topological polar surface area (TPSA) is 37.0 Å². The van der Waals surface area contributed by atoms with Gasteiger partial charge in [-0.25, -0.2) is 4.98 Å². The Hall–Kier alpha value is -0.910. The second kappa shape index (κ2) is 6.87. The first-order valence-corrected chi connectivity index (χ1v) is 7.63. The lowest BCUT2D eigenvalue weighted by Gasteiger charge is -2.02. The van der Waals surface area contributed by atoms with Gasteiger partial charge >= 0.3 is 0 Å². The molecule has 0 radical (unpaired) electrons. The van der Waals surface area contributed by atoms with Crippen LogP contribution in [0.25, 0.3) is 0 Å². The molecular weight excluding hydrogens is 310 g/mol. The second-order valence-corrected chi connectivity index (χ2v) is 5.65. The zero-order chi connectivity index (χ0) is 12.8. The van der Waals surface area contributed by atoms with E-state index in [9.17, 15) is 0 Å². The van der Waals surface area contributed by atoms with Crippen molar-refractivity contribution < 1.29 is 0 Å². The van der Waals surface area contributed by atoms with E-state index in [1.165, 1.54) is 0 Å². The van der Waals surface area contributed by atoms with E-state index in [0.717, 1.165) is 40.5 Å². The van der Waals surface area contributed by atoms with Gasteiger partial charge in [-0.1, -0.05) is 22.9 Å². The number of likely N-dealkylation sites (N-methyl/N-ethyl adjacent to an activating group) is 1. The molecule has 96 valence electrons. The van der Waals surface area contributed by atoms with E-state index < -0.39 is 0 Å². The first kappa shape index (κ1) is 13.5. The number of hydrogen-bond donors (Lipinski definition) is 2. The normalized spacial score (nSPS) is 10.6. The molecule has 18 heavy (non-hydrogen) atoms. The summed E-state index contributed by atoms with van der Waals surface area (Å²) in [5.41, 5.74) is 2.20. The van der Waals surface area contributed by atoms with Crippen LogP contribution in [0.5, 0.6) is 0 Å². The van der Waals surface area contributed by atoms with Gasteiger partial charge < -0.3 is 10.6 Å². The number of aromatic nitrogens is 1. The van der Waals surface area contributed by atoms with Crippen molar-refractivity contribution in [2.24, 2.45) is 0 Å². The monoisotopic (exact) mass is 325 g/mol. The van der Waals surface area contributed by atoms with E-state index in [1.807, 2.05) is 24.3 Å². The maximum Gasteiger partial charge on any atom is 0.187 e. The van der Waals surface area contributed by atoms with Gasteiger partial charge in [-0.05, 0) is 30.8 Å². The van der Waals surface area contributed by atoms with Crippen LogP contribution in [0, 0.1) is 0 Å². The minimum atomic E-state index is 0.948. The van der Waals surface area contributed by atoms with Gasteiger partial charge in [0.15, 0.2) is 5.13 Å². The van der Waals surface area contributed by atoms with Crippen molar-refractivity contribution in [3.8, 4) is 0 Å². The van der Waals surface area contributed by atoms with Crippen LogP contribution in [0.2, 0.25) is 0 Å². The van der Waals surface area contributed by atoms with E-state index in [0.29, 0.717) is 0 Å². The molecule has 0 saturated heterocycles. The minimum absolute atomic E-state index is 0.948. The van der Waals surface area contributed by atoms with Crippen molar-refractivity contribution in [3.63, 3.8) is 0 Å². The summed E-state index contributed by atoms with van der Waals surface area (Å²) in [6.07, 6.45) is 0.979. The molecule has 1 aromatic heterocycles. The van der Waals surface area contributed by atoms with Crippen LogP contribution in [0.3, 0.4) is 0 Å². The average Bonchev–Trinajstić information content (AvgIpc) is 2.80. The molecule has 1 heterocycles. The zero-order valence-corrected chi connectivity index (χ0v) is 12.6. The van der Waals surface area contributed by atoms with Crippen LogP contribution in [0.4, 0.5) is 10.8 Å². The first-order valence-electron chi connectivity index (χ1n) is 5.95. The van der Waals surface area contributed by atoms with E-state index in [4.69, 9.17) is 0 Å². The number of halogens is 1. The molecule has 0 saturated carbocycles. The summed E-state index contributed by atoms with van der Waals surface area (Å²) < 4.78 is 1.08. The molecule has 0 atom stereocenters. The van der Waals surface area contributed by atoms with Crippen LogP contribution in [-0.4, -0.2) is 18.1 Å². The maximum atomic E-state index is 4.56. The van der Waals surface area contributed by atoms with Gasteiger partial charge in [-0.3, -0.25) is 0 Å². The summed E-state index contributed by atoms with van der Waals surface area (Å²) in [7, 11) is 0. The van der Waals surface area contributed by atoms with E-state index in [2.05, 4.69) is 43.9 Å². The molecule has 0 fully saturated rings. The Labute approximate surface area is 120 Å². The predicted octanol–water partition coefficient (Wildman–Crippen LogP) is 3.80. The number of rotatable bonds is 6. The van der Waals surface area contributed by atoms with Crippen LogP contribution in [-0.2, 0) is 6.42 Å². The van der Waals surface area contributed by atoms with Gasteiger partial charge in [0.2, 0.25) is 0 Å². The smallest absolute Gasteiger partial charge is 0.187 e. The average molecular weight is 326 g/mol. The summed E-state index contributed by atoms with van der Waals surface area (Å²) in [6, 6.07) is 8.09. The highest BCUT2D eigenvalue weighted by Crippen LogP contribution is 2.22. The third-order valence-corrected chi connectivity index (χ3v) is 3.79. The maximum absolute atomic E-state index is 4.56. The second-order valence-electron chi connectivity index (χ2n) is 3.88. The highest BCUT2D eigenvalue weighted by molar-refractivity contribution is 9.10. The predicted molar refractivity (Wildman–Crippen MR) is 81.8 cm³/mol. The molecule has 0 aliphatic heterocycles. The first-order chi connectivity index (χ1) is 8.78. The third kappa shape index (κ3) is 4.08. The van der Waals surface area contributed by atoms with Gasteiger partial charge in [-0.2, -0.15) is 0 Å². The Morgan fingerprint density at radius 2 is 2.06 bits per heavy atom. The fraction of sp³-hybridized carbons (Fsp3) is 0.308. The number of thiazole rings is 1. The number of hydrogen-bond acceptors (Lipinski definition) is 4. The Balaban J connectivity index is 1.91. The molecule has 5 heteroatoms. The van der Waals surface area contributed by atoms with Gasteiger partial charge in [0.1, 0.15) is 0 Å². The van der Waals surface area contributed by atoms with Gasteiger partial charge in [0, 0.05) is 28.5 Å². The van der Waals surface area contributed by atoms with Crippen molar-refractivity contribution in [1.82, 2.24) is 10.3 Å². The molecule has 0 aliphatic carbocycles. The molecule has 1 aromatic carbocycles. The van der Waals surface area contributed by atoms with Crippen LogP contribution in [0.1, 0.15) is 12.6 Å². The lowest BCUT2D eigenvalue weighted by molar-refractivity contribution is 0.710. The van der Waals surface area contributed by atoms with Crippen LogP contribution >= 0.6 is 27.3 Å². The van der Waals surface area contributed by atoms with Gasteiger partial charge in [0.25, 0.3) is 0 Å². The number of benzene rings is 1. The summed E-state index contributed by atoms with van der Waals surface area (Å²) in [5, 5.41) is 9.67. The number of nitrogens with zero attached hydrogens (tertiary/aromatic N) is 1. The highest BCUT2D eigenvalue weighted by atomic mass is 79.9. The molecule has 0 bridgehead atoms. The number of nitrogens with one attached hydrogen (secondary N) is 2. The molecule has 0 aliphatic rings. The van der Waals surface area contributed by atoms with Gasteiger partial charge in [0.05, 0.1) is 5.69 Å². The minimum Gasteiger partial charge on any atom is -0.332 e. The fourth-order valence-corrected chi connectivity index (χ4v) is 2.56. The standard InChI is InChI=1S/C13H16BrN3S/c1-2-15-8-7-12-9-18-13(17-12)16-11-5-3-10(14)4-6-11/h3-6,9,15H,2,7-8H2,1H3,(H,16,17). The van der Waals surface area contributed by atoms with Crippen LogP contribution < -0.4 is 10.6 Å². The molecule has 3 nitrogen and oxygen atoms in total. The Morgan fingerprint density at radius 1 is 1.28 bits per heavy atom. The lowest BCUT2D eigenvalue weighted by atomic mass is 10.3. The van der Waals surface area contributed by atoms with Crippen molar-refractivity contribution in [3.05, 3.63) is 39.8 Å². The SMILES string of the molecule is CCNCCc1csc(Nc2ccc(Br)cc2)n1. The summed E-state index contributed by atoms with van der Waals surface area (Å²) in [4.78, 5) is 4.56. The van der Waals surface area contributed by atoms with E-state index in [1.54, 1.807) is 11.3 Å². The highest BCUT2D eigenvalue weighted by Gasteiger charge is 2.02. The Morgan fingerprint density at radius 3 is 2.78 bits per heavy atom.